The normalized spacial score (nSPS) is 14.5. The Morgan fingerprint density at radius 3 is 1.91 bits per heavy atom. The Kier molecular flexibility index (Phi) is 5.53. The van der Waals surface area contributed by atoms with Gasteiger partial charge in [0.1, 0.15) is 0 Å². The molecule has 0 bridgehead atoms. The molecule has 0 N–H and O–H groups in total. The van der Waals surface area contributed by atoms with Crippen molar-refractivity contribution in [1.29, 1.82) is 0 Å². The Bertz CT molecular complexity index is 86.9. The molecule has 0 rings (SSSR count). The smallest absolute Gasteiger partial charge is 0.0897 e. The Morgan fingerprint density at radius 1 is 1.09 bits per heavy atom. The SMILES string of the molecule is CC(C)CC(CCF)C(C)C. The summed E-state index contributed by atoms with van der Waals surface area (Å²) in [4.78, 5) is 0. The van der Waals surface area contributed by atoms with Gasteiger partial charge in [0.15, 0.2) is 0 Å². The number of hydrogen-bond acceptors (Lipinski definition) is 0. The fourth-order valence-electron chi connectivity index (χ4n) is 1.47. The molecule has 0 aromatic rings. The molecule has 1 atom stereocenters. The third-order valence-corrected chi connectivity index (χ3v) is 2.20. The predicted octanol–water partition coefficient (Wildman–Crippen LogP) is 3.66. The van der Waals surface area contributed by atoms with Gasteiger partial charge in [-0.2, -0.15) is 0 Å². The highest BCUT2D eigenvalue weighted by Gasteiger charge is 2.14. The molecular weight excluding hydrogens is 139 g/mol. The zero-order valence-electron chi connectivity index (χ0n) is 8.23. The van der Waals surface area contributed by atoms with Crippen LogP contribution in [0.15, 0.2) is 0 Å². The van der Waals surface area contributed by atoms with E-state index in [-0.39, 0.29) is 6.67 Å². The van der Waals surface area contributed by atoms with Crippen molar-refractivity contribution in [3.05, 3.63) is 0 Å². The van der Waals surface area contributed by atoms with Gasteiger partial charge in [0.2, 0.25) is 0 Å². The first-order valence-corrected chi connectivity index (χ1v) is 4.63. The molecule has 0 aliphatic carbocycles. The van der Waals surface area contributed by atoms with Crippen molar-refractivity contribution in [2.75, 3.05) is 6.67 Å². The Hall–Kier alpha value is -0.0700. The van der Waals surface area contributed by atoms with Gasteiger partial charge in [-0.3, -0.25) is 4.39 Å². The van der Waals surface area contributed by atoms with Gasteiger partial charge in [-0.05, 0) is 30.6 Å². The van der Waals surface area contributed by atoms with Gasteiger partial charge in [-0.15, -0.1) is 0 Å². The zero-order chi connectivity index (χ0) is 8.85. The third kappa shape index (κ3) is 5.23. The molecule has 11 heavy (non-hydrogen) atoms. The highest BCUT2D eigenvalue weighted by molar-refractivity contribution is 4.64. The van der Waals surface area contributed by atoms with E-state index in [0.29, 0.717) is 17.8 Å². The van der Waals surface area contributed by atoms with Crippen LogP contribution in [-0.2, 0) is 0 Å². The minimum atomic E-state index is -0.157. The van der Waals surface area contributed by atoms with Gasteiger partial charge in [0, 0.05) is 0 Å². The van der Waals surface area contributed by atoms with E-state index in [2.05, 4.69) is 27.7 Å². The highest BCUT2D eigenvalue weighted by atomic mass is 19.1. The van der Waals surface area contributed by atoms with E-state index in [4.69, 9.17) is 0 Å². The number of halogens is 1. The Morgan fingerprint density at radius 2 is 1.64 bits per heavy atom. The predicted molar refractivity (Wildman–Crippen MR) is 48.4 cm³/mol. The minimum absolute atomic E-state index is 0.157. The lowest BCUT2D eigenvalue weighted by Gasteiger charge is -2.21. The maximum absolute atomic E-state index is 12.1. The van der Waals surface area contributed by atoms with Crippen LogP contribution in [0, 0.1) is 17.8 Å². The second-order valence-electron chi connectivity index (χ2n) is 4.11. The zero-order valence-corrected chi connectivity index (χ0v) is 8.23. The molecule has 0 aromatic carbocycles. The van der Waals surface area contributed by atoms with Gasteiger partial charge in [0.05, 0.1) is 6.67 Å². The molecule has 0 amide bonds. The van der Waals surface area contributed by atoms with Gasteiger partial charge in [-0.25, -0.2) is 0 Å². The van der Waals surface area contributed by atoms with Crippen molar-refractivity contribution >= 4 is 0 Å². The first-order valence-electron chi connectivity index (χ1n) is 4.63. The first-order chi connectivity index (χ1) is 5.07. The van der Waals surface area contributed by atoms with Gasteiger partial charge < -0.3 is 0 Å². The summed E-state index contributed by atoms with van der Waals surface area (Å²) in [5.41, 5.74) is 0. The van der Waals surface area contributed by atoms with Crippen molar-refractivity contribution in [2.45, 2.75) is 40.5 Å². The Labute approximate surface area is 70.2 Å². The van der Waals surface area contributed by atoms with Crippen molar-refractivity contribution < 1.29 is 4.39 Å². The number of rotatable bonds is 5. The molecule has 0 saturated carbocycles. The molecule has 1 heteroatoms. The quantitative estimate of drug-likeness (QED) is 0.575. The molecular formula is C10H21F. The van der Waals surface area contributed by atoms with Crippen LogP contribution in [0.5, 0.6) is 0 Å². The van der Waals surface area contributed by atoms with E-state index in [9.17, 15) is 4.39 Å². The molecule has 0 heterocycles. The standard InChI is InChI=1S/C10H21F/c1-8(2)7-10(5-6-11)9(3)4/h8-10H,5-7H2,1-4H3. The fourth-order valence-corrected chi connectivity index (χ4v) is 1.47. The summed E-state index contributed by atoms with van der Waals surface area (Å²) in [6.07, 6.45) is 1.91. The summed E-state index contributed by atoms with van der Waals surface area (Å²) in [5, 5.41) is 0. The average Bonchev–Trinajstić information content (AvgIpc) is 1.86. The fraction of sp³-hybridized carbons (Fsp3) is 1.00. The number of alkyl halides is 1. The van der Waals surface area contributed by atoms with E-state index < -0.39 is 0 Å². The van der Waals surface area contributed by atoms with Gasteiger partial charge in [0.25, 0.3) is 0 Å². The molecule has 0 aliphatic heterocycles. The third-order valence-electron chi connectivity index (χ3n) is 2.20. The lowest BCUT2D eigenvalue weighted by atomic mass is 9.86. The van der Waals surface area contributed by atoms with Crippen LogP contribution in [0.3, 0.4) is 0 Å². The summed E-state index contributed by atoms with van der Waals surface area (Å²) in [5.74, 6) is 1.92. The lowest BCUT2D eigenvalue weighted by Crippen LogP contribution is -2.12. The molecule has 0 radical (unpaired) electrons. The molecule has 0 fully saturated rings. The van der Waals surface area contributed by atoms with Crippen LogP contribution >= 0.6 is 0 Å². The monoisotopic (exact) mass is 160 g/mol. The lowest BCUT2D eigenvalue weighted by molar-refractivity contribution is 0.270. The second kappa shape index (κ2) is 5.56. The number of hydrogen-bond donors (Lipinski definition) is 0. The maximum Gasteiger partial charge on any atom is 0.0897 e. The van der Waals surface area contributed by atoms with E-state index in [1.54, 1.807) is 0 Å². The summed E-state index contributed by atoms with van der Waals surface area (Å²) in [6.45, 7) is 8.61. The van der Waals surface area contributed by atoms with Crippen molar-refractivity contribution in [1.82, 2.24) is 0 Å². The molecule has 0 saturated heterocycles. The van der Waals surface area contributed by atoms with Crippen LogP contribution < -0.4 is 0 Å². The summed E-state index contributed by atoms with van der Waals surface area (Å²) in [7, 11) is 0. The molecule has 0 nitrogen and oxygen atoms in total. The molecule has 0 aromatic heterocycles. The first kappa shape index (κ1) is 10.9. The van der Waals surface area contributed by atoms with Gasteiger partial charge in [-0.1, -0.05) is 27.7 Å². The average molecular weight is 160 g/mol. The van der Waals surface area contributed by atoms with E-state index in [0.717, 1.165) is 6.42 Å². The summed E-state index contributed by atoms with van der Waals surface area (Å²) in [6, 6.07) is 0. The van der Waals surface area contributed by atoms with Crippen LogP contribution in [0.2, 0.25) is 0 Å². The topological polar surface area (TPSA) is 0 Å². The maximum atomic E-state index is 12.1. The van der Waals surface area contributed by atoms with Gasteiger partial charge >= 0.3 is 0 Å². The second-order valence-corrected chi connectivity index (χ2v) is 4.11. The molecule has 0 spiro atoms. The largest absolute Gasteiger partial charge is 0.251 e. The minimum Gasteiger partial charge on any atom is -0.251 e. The van der Waals surface area contributed by atoms with Crippen molar-refractivity contribution in [3.8, 4) is 0 Å². The highest BCUT2D eigenvalue weighted by Crippen LogP contribution is 2.23. The van der Waals surface area contributed by atoms with E-state index >= 15 is 0 Å². The van der Waals surface area contributed by atoms with Crippen LogP contribution in [0.4, 0.5) is 4.39 Å². The summed E-state index contributed by atoms with van der Waals surface area (Å²) < 4.78 is 12.1. The molecule has 0 aliphatic rings. The summed E-state index contributed by atoms with van der Waals surface area (Å²) >= 11 is 0. The molecule has 1 unspecified atom stereocenters. The van der Waals surface area contributed by atoms with E-state index in [1.165, 1.54) is 6.42 Å². The molecule has 68 valence electrons. The van der Waals surface area contributed by atoms with Crippen molar-refractivity contribution in [3.63, 3.8) is 0 Å². The van der Waals surface area contributed by atoms with Crippen LogP contribution in [0.1, 0.15) is 40.5 Å². The van der Waals surface area contributed by atoms with Crippen molar-refractivity contribution in [2.24, 2.45) is 17.8 Å². The van der Waals surface area contributed by atoms with Crippen LogP contribution in [0.25, 0.3) is 0 Å². The van der Waals surface area contributed by atoms with E-state index in [1.807, 2.05) is 0 Å². The van der Waals surface area contributed by atoms with Crippen LogP contribution in [-0.4, -0.2) is 6.67 Å². The Balaban J connectivity index is 3.69.